The van der Waals surface area contributed by atoms with Crippen LogP contribution in [0.1, 0.15) is 12.0 Å². The van der Waals surface area contributed by atoms with E-state index in [9.17, 15) is 18.4 Å². The third-order valence-corrected chi connectivity index (χ3v) is 4.76. The molecule has 1 aliphatic heterocycles. The van der Waals surface area contributed by atoms with Crippen LogP contribution in [0.15, 0.2) is 47.5 Å². The average Bonchev–Trinajstić information content (AvgIpc) is 2.92. The molecule has 0 saturated carbocycles. The molecule has 1 atom stereocenters. The van der Waals surface area contributed by atoms with Crippen LogP contribution in [0.2, 0.25) is 0 Å². The van der Waals surface area contributed by atoms with Crippen molar-refractivity contribution in [3.05, 3.63) is 59.7 Å². The number of aryl methyl sites for hydroxylation is 1. The monoisotopic (exact) mass is 375 g/mol. The first-order chi connectivity index (χ1) is 12.4. The molecule has 2 amide bonds. The maximum Gasteiger partial charge on any atom is 0.240 e. The number of nitrogens with zero attached hydrogens (tertiary/aromatic N) is 1. The number of hydrogen-bond donors (Lipinski definition) is 2. The Labute approximate surface area is 152 Å². The van der Waals surface area contributed by atoms with Crippen molar-refractivity contribution in [3.8, 4) is 0 Å². The lowest BCUT2D eigenvalue weighted by Gasteiger charge is -2.08. The Morgan fingerprint density at radius 1 is 1.23 bits per heavy atom. The Hall–Kier alpha value is -2.74. The maximum atomic E-state index is 13.6. The highest BCUT2D eigenvalue weighted by atomic mass is 32.2. The van der Waals surface area contributed by atoms with E-state index in [1.54, 1.807) is 25.1 Å². The predicted octanol–water partition coefficient (Wildman–Crippen LogP) is 3.52. The number of nitrogens with one attached hydrogen (secondary N) is 2. The summed E-state index contributed by atoms with van der Waals surface area (Å²) < 4.78 is 27.1. The van der Waals surface area contributed by atoms with Crippen molar-refractivity contribution in [2.45, 2.75) is 18.6 Å². The number of anilines is 1. The third-order valence-electron chi connectivity index (χ3n) is 3.68. The summed E-state index contributed by atoms with van der Waals surface area (Å²) in [6.07, 6.45) is -0.133. The Morgan fingerprint density at radius 2 is 2.00 bits per heavy atom. The molecule has 0 unspecified atom stereocenters. The number of amides is 2. The number of benzene rings is 2. The molecule has 0 aromatic heterocycles. The van der Waals surface area contributed by atoms with Gasteiger partial charge in [0.05, 0.1) is 11.4 Å². The molecule has 1 fully saturated rings. The van der Waals surface area contributed by atoms with Gasteiger partial charge < -0.3 is 10.6 Å². The first-order valence-corrected chi connectivity index (χ1v) is 8.67. The Kier molecular flexibility index (Phi) is 5.32. The second-order valence-corrected chi connectivity index (χ2v) is 6.87. The van der Waals surface area contributed by atoms with E-state index < -0.39 is 17.0 Å². The van der Waals surface area contributed by atoms with Crippen LogP contribution in [-0.2, 0) is 9.59 Å². The van der Waals surface area contributed by atoms with Crippen LogP contribution in [0.25, 0.3) is 0 Å². The Balaban J connectivity index is 1.64. The van der Waals surface area contributed by atoms with Crippen LogP contribution in [0.4, 0.5) is 20.2 Å². The molecule has 2 aromatic rings. The van der Waals surface area contributed by atoms with Gasteiger partial charge in [0.1, 0.15) is 16.9 Å². The van der Waals surface area contributed by atoms with Crippen LogP contribution < -0.4 is 10.6 Å². The zero-order valence-electron chi connectivity index (χ0n) is 13.8. The number of halogens is 2. The molecule has 2 aromatic carbocycles. The van der Waals surface area contributed by atoms with Crippen molar-refractivity contribution < 1.29 is 18.4 Å². The number of amidine groups is 1. The normalized spacial score (nSPS) is 18.0. The number of carbonyl (C=O) groups is 2. The van der Waals surface area contributed by atoms with Crippen molar-refractivity contribution in [3.63, 3.8) is 0 Å². The molecule has 26 heavy (non-hydrogen) atoms. The first kappa shape index (κ1) is 18.1. The lowest BCUT2D eigenvalue weighted by Crippen LogP contribution is -2.28. The minimum absolute atomic E-state index is 0.0601. The number of carbonyl (C=O) groups excluding carboxylic acids is 2. The van der Waals surface area contributed by atoms with E-state index in [0.29, 0.717) is 16.4 Å². The maximum absolute atomic E-state index is 13.6. The van der Waals surface area contributed by atoms with Crippen LogP contribution in [0, 0.1) is 18.6 Å². The van der Waals surface area contributed by atoms with Crippen LogP contribution in [0.5, 0.6) is 0 Å². The fourth-order valence-corrected chi connectivity index (χ4v) is 3.28. The highest BCUT2D eigenvalue weighted by Crippen LogP contribution is 2.26. The minimum Gasteiger partial charge on any atom is -0.324 e. The fraction of sp³-hybridized carbons (Fsp3) is 0.167. The number of thioether (sulfide) groups is 1. The van der Waals surface area contributed by atoms with Crippen LogP contribution >= 0.6 is 11.8 Å². The SMILES string of the molecule is Cc1ccc(N=C2NC(=O)[C@H](CC(=O)Nc3ccccc3F)S2)cc1F. The molecule has 0 aliphatic carbocycles. The zero-order valence-corrected chi connectivity index (χ0v) is 14.6. The van der Waals surface area contributed by atoms with E-state index in [-0.39, 0.29) is 23.8 Å². The molecule has 0 radical (unpaired) electrons. The zero-order chi connectivity index (χ0) is 18.7. The van der Waals surface area contributed by atoms with E-state index in [1.807, 2.05) is 0 Å². The summed E-state index contributed by atoms with van der Waals surface area (Å²) in [5, 5.41) is 4.61. The van der Waals surface area contributed by atoms with Gasteiger partial charge in [-0.1, -0.05) is 30.0 Å². The molecule has 3 rings (SSSR count). The van der Waals surface area contributed by atoms with Gasteiger partial charge >= 0.3 is 0 Å². The molecule has 2 N–H and O–H groups in total. The molecule has 1 heterocycles. The van der Waals surface area contributed by atoms with E-state index in [1.165, 1.54) is 24.3 Å². The Morgan fingerprint density at radius 3 is 2.73 bits per heavy atom. The van der Waals surface area contributed by atoms with Gasteiger partial charge in [0.25, 0.3) is 0 Å². The quantitative estimate of drug-likeness (QED) is 0.859. The summed E-state index contributed by atoms with van der Waals surface area (Å²) in [5.41, 5.74) is 0.928. The molecule has 0 bridgehead atoms. The molecule has 8 heteroatoms. The minimum atomic E-state index is -0.684. The third kappa shape index (κ3) is 4.26. The van der Waals surface area contributed by atoms with Gasteiger partial charge in [-0.3, -0.25) is 9.59 Å². The van der Waals surface area contributed by atoms with Gasteiger partial charge in [-0.05, 0) is 36.8 Å². The standard InChI is InChI=1S/C18H15F2N3O2S/c1-10-6-7-11(8-13(10)20)21-18-23-17(25)15(26-18)9-16(24)22-14-5-3-2-4-12(14)19/h2-8,15H,9H2,1H3,(H,22,24)(H,21,23,25)/t15-/m0/s1. The van der Waals surface area contributed by atoms with Crippen molar-refractivity contribution in [1.82, 2.24) is 5.32 Å². The highest BCUT2D eigenvalue weighted by molar-refractivity contribution is 8.15. The summed E-state index contributed by atoms with van der Waals surface area (Å²) >= 11 is 1.08. The second-order valence-electron chi connectivity index (χ2n) is 5.68. The summed E-state index contributed by atoms with van der Waals surface area (Å²) in [6, 6.07) is 10.3. The van der Waals surface area contributed by atoms with Crippen molar-refractivity contribution in [2.75, 3.05) is 5.32 Å². The van der Waals surface area contributed by atoms with Gasteiger partial charge in [0, 0.05) is 6.42 Å². The molecule has 134 valence electrons. The van der Waals surface area contributed by atoms with Crippen LogP contribution in [0.3, 0.4) is 0 Å². The van der Waals surface area contributed by atoms with Gasteiger partial charge in [0.15, 0.2) is 5.17 Å². The molecule has 1 aliphatic rings. The topological polar surface area (TPSA) is 70.6 Å². The van der Waals surface area contributed by atoms with Crippen molar-refractivity contribution in [1.29, 1.82) is 0 Å². The van der Waals surface area contributed by atoms with Gasteiger partial charge in [-0.15, -0.1) is 0 Å². The lowest BCUT2D eigenvalue weighted by atomic mass is 10.2. The summed E-state index contributed by atoms with van der Waals surface area (Å²) in [4.78, 5) is 28.2. The number of aliphatic imine (C=N–C) groups is 1. The number of para-hydroxylation sites is 1. The van der Waals surface area contributed by atoms with E-state index in [2.05, 4.69) is 15.6 Å². The van der Waals surface area contributed by atoms with Gasteiger partial charge in [0.2, 0.25) is 11.8 Å². The number of rotatable bonds is 4. The molecular weight excluding hydrogens is 360 g/mol. The van der Waals surface area contributed by atoms with Gasteiger partial charge in [-0.2, -0.15) is 0 Å². The van der Waals surface area contributed by atoms with E-state index in [0.717, 1.165) is 11.8 Å². The van der Waals surface area contributed by atoms with Gasteiger partial charge in [-0.25, -0.2) is 13.8 Å². The van der Waals surface area contributed by atoms with Crippen LogP contribution in [-0.4, -0.2) is 22.2 Å². The smallest absolute Gasteiger partial charge is 0.240 e. The van der Waals surface area contributed by atoms with E-state index >= 15 is 0 Å². The molecular formula is C18H15F2N3O2S. The molecule has 0 spiro atoms. The molecule has 5 nitrogen and oxygen atoms in total. The average molecular weight is 375 g/mol. The summed E-state index contributed by atoms with van der Waals surface area (Å²) in [7, 11) is 0. The highest BCUT2D eigenvalue weighted by Gasteiger charge is 2.32. The largest absolute Gasteiger partial charge is 0.324 e. The second kappa shape index (κ2) is 7.65. The Bertz CT molecular complexity index is 902. The predicted molar refractivity (Wildman–Crippen MR) is 97.4 cm³/mol. The first-order valence-electron chi connectivity index (χ1n) is 7.79. The van der Waals surface area contributed by atoms with Crippen molar-refractivity contribution in [2.24, 2.45) is 4.99 Å². The summed E-state index contributed by atoms with van der Waals surface area (Å²) in [5.74, 6) is -1.79. The lowest BCUT2D eigenvalue weighted by molar-refractivity contribution is -0.122. The summed E-state index contributed by atoms with van der Waals surface area (Å²) in [6.45, 7) is 1.64. The fourth-order valence-electron chi connectivity index (χ4n) is 2.29. The molecule has 1 saturated heterocycles. The van der Waals surface area contributed by atoms with Crippen molar-refractivity contribution >= 4 is 40.1 Å². The number of hydrogen-bond acceptors (Lipinski definition) is 4. The van der Waals surface area contributed by atoms with E-state index in [4.69, 9.17) is 0 Å².